The van der Waals surface area contributed by atoms with Crippen molar-refractivity contribution in [1.82, 2.24) is 0 Å². The van der Waals surface area contributed by atoms with Gasteiger partial charge in [0.1, 0.15) is 5.75 Å². The maximum Gasteiger partial charge on any atom is 0.328 e. The van der Waals surface area contributed by atoms with Crippen LogP contribution in [0.3, 0.4) is 0 Å². The third-order valence-electron chi connectivity index (χ3n) is 3.57. The van der Waals surface area contributed by atoms with Crippen LogP contribution in [0.2, 0.25) is 0 Å². The standard InChI is InChI=1S/C19H26O4/c1-18(2,3)13-10-12(15(20)8-9-16(21)22)11-14(17(13)23-7)19(4,5)6/h8-11H,1-7H3,(H,21,22)/b9-8+. The van der Waals surface area contributed by atoms with Crippen LogP contribution in [0.5, 0.6) is 5.75 Å². The molecule has 0 unspecified atom stereocenters. The van der Waals surface area contributed by atoms with Gasteiger partial charge in [-0.3, -0.25) is 4.79 Å². The van der Waals surface area contributed by atoms with E-state index in [0.29, 0.717) is 5.56 Å². The second-order valence-corrected chi connectivity index (χ2v) is 7.64. The maximum absolute atomic E-state index is 12.3. The number of benzene rings is 1. The number of hydrogen-bond acceptors (Lipinski definition) is 3. The van der Waals surface area contributed by atoms with Crippen LogP contribution in [0.4, 0.5) is 0 Å². The van der Waals surface area contributed by atoms with E-state index in [0.717, 1.165) is 29.0 Å². The summed E-state index contributed by atoms with van der Waals surface area (Å²) in [6.07, 6.45) is 1.95. The van der Waals surface area contributed by atoms with Crippen molar-refractivity contribution >= 4 is 11.8 Å². The van der Waals surface area contributed by atoms with E-state index in [9.17, 15) is 9.59 Å². The number of carboxylic acids is 1. The second kappa shape index (κ2) is 6.57. The maximum atomic E-state index is 12.3. The molecule has 1 aromatic carbocycles. The van der Waals surface area contributed by atoms with E-state index < -0.39 is 5.97 Å². The smallest absolute Gasteiger partial charge is 0.328 e. The lowest BCUT2D eigenvalue weighted by Crippen LogP contribution is -2.20. The summed E-state index contributed by atoms with van der Waals surface area (Å²) in [5, 5.41) is 8.70. The third-order valence-corrected chi connectivity index (χ3v) is 3.57. The summed E-state index contributed by atoms with van der Waals surface area (Å²) in [7, 11) is 1.63. The van der Waals surface area contributed by atoms with E-state index in [1.807, 2.05) is 0 Å². The molecular formula is C19H26O4. The van der Waals surface area contributed by atoms with Gasteiger partial charge >= 0.3 is 5.97 Å². The van der Waals surface area contributed by atoms with Crippen LogP contribution < -0.4 is 4.74 Å². The molecule has 0 amide bonds. The number of rotatable bonds is 4. The van der Waals surface area contributed by atoms with Crippen LogP contribution in [0, 0.1) is 0 Å². The average Bonchev–Trinajstić information content (AvgIpc) is 2.41. The number of aliphatic carboxylic acids is 1. The Balaban J connectivity index is 3.63. The first kappa shape index (κ1) is 18.9. The number of carbonyl (C=O) groups is 2. The van der Waals surface area contributed by atoms with Gasteiger partial charge in [0.25, 0.3) is 0 Å². The number of carboxylic acid groups (broad SMARTS) is 1. The molecule has 0 heterocycles. The van der Waals surface area contributed by atoms with E-state index in [1.165, 1.54) is 0 Å². The molecule has 4 heteroatoms. The number of hydrogen-bond donors (Lipinski definition) is 1. The number of ether oxygens (including phenoxy) is 1. The molecule has 126 valence electrons. The van der Waals surface area contributed by atoms with Crippen LogP contribution in [0.1, 0.15) is 63.0 Å². The number of ketones is 1. The largest absolute Gasteiger partial charge is 0.496 e. The molecule has 0 saturated heterocycles. The summed E-state index contributed by atoms with van der Waals surface area (Å²) >= 11 is 0. The molecule has 0 aliphatic carbocycles. The zero-order valence-electron chi connectivity index (χ0n) is 15.0. The Labute approximate surface area is 138 Å². The Kier molecular flexibility index (Phi) is 5.41. The Morgan fingerprint density at radius 1 is 0.957 bits per heavy atom. The monoisotopic (exact) mass is 318 g/mol. The lowest BCUT2D eigenvalue weighted by atomic mass is 9.78. The van der Waals surface area contributed by atoms with Crippen molar-refractivity contribution in [3.63, 3.8) is 0 Å². The highest BCUT2D eigenvalue weighted by Crippen LogP contribution is 2.40. The molecule has 1 aromatic rings. The van der Waals surface area contributed by atoms with Gasteiger partial charge in [-0.05, 0) is 29.0 Å². The van der Waals surface area contributed by atoms with Crippen molar-refractivity contribution in [3.8, 4) is 5.75 Å². The normalized spacial score (nSPS) is 12.5. The van der Waals surface area contributed by atoms with E-state index in [-0.39, 0.29) is 16.6 Å². The van der Waals surface area contributed by atoms with Crippen LogP contribution in [-0.2, 0) is 15.6 Å². The molecule has 4 nitrogen and oxygen atoms in total. The van der Waals surface area contributed by atoms with Gasteiger partial charge in [-0.15, -0.1) is 0 Å². The second-order valence-electron chi connectivity index (χ2n) is 7.64. The van der Waals surface area contributed by atoms with Crippen molar-refractivity contribution in [2.75, 3.05) is 7.11 Å². The summed E-state index contributed by atoms with van der Waals surface area (Å²) in [6.45, 7) is 12.3. The van der Waals surface area contributed by atoms with Crippen molar-refractivity contribution in [1.29, 1.82) is 0 Å². The highest BCUT2D eigenvalue weighted by molar-refractivity contribution is 6.07. The van der Waals surface area contributed by atoms with Crippen molar-refractivity contribution in [2.24, 2.45) is 0 Å². The summed E-state index contributed by atoms with van der Waals surface area (Å²) in [5.74, 6) is -0.686. The number of methoxy groups -OCH3 is 1. The SMILES string of the molecule is COc1c(C(C)(C)C)cc(C(=O)/C=C/C(=O)O)cc1C(C)(C)C. The molecule has 0 fully saturated rings. The Morgan fingerprint density at radius 3 is 1.70 bits per heavy atom. The average molecular weight is 318 g/mol. The molecule has 0 bridgehead atoms. The molecular weight excluding hydrogens is 292 g/mol. The summed E-state index contributed by atoms with van der Waals surface area (Å²) in [4.78, 5) is 22.9. The van der Waals surface area contributed by atoms with E-state index >= 15 is 0 Å². The first-order valence-electron chi connectivity index (χ1n) is 7.56. The first-order valence-corrected chi connectivity index (χ1v) is 7.56. The van der Waals surface area contributed by atoms with Gasteiger partial charge in [0.05, 0.1) is 7.11 Å². The minimum Gasteiger partial charge on any atom is -0.496 e. The van der Waals surface area contributed by atoms with E-state index in [2.05, 4.69) is 41.5 Å². The number of allylic oxidation sites excluding steroid dienone is 1. The van der Waals surface area contributed by atoms with Gasteiger partial charge < -0.3 is 9.84 Å². The summed E-state index contributed by atoms with van der Waals surface area (Å²) in [6, 6.07) is 3.59. The van der Waals surface area contributed by atoms with Crippen molar-refractivity contribution in [2.45, 2.75) is 52.4 Å². The topological polar surface area (TPSA) is 63.6 Å². The molecule has 0 spiro atoms. The van der Waals surface area contributed by atoms with Gasteiger partial charge in [-0.2, -0.15) is 0 Å². The van der Waals surface area contributed by atoms with Crippen LogP contribution in [0.15, 0.2) is 24.3 Å². The highest BCUT2D eigenvalue weighted by Gasteiger charge is 2.28. The van der Waals surface area contributed by atoms with Gasteiger partial charge in [-0.25, -0.2) is 4.79 Å². The summed E-state index contributed by atoms with van der Waals surface area (Å²) < 4.78 is 5.64. The van der Waals surface area contributed by atoms with Crippen LogP contribution in [0.25, 0.3) is 0 Å². The van der Waals surface area contributed by atoms with Gasteiger partial charge in [0, 0.05) is 22.8 Å². The quantitative estimate of drug-likeness (QED) is 0.670. The Hall–Kier alpha value is -2.10. The first-order chi connectivity index (χ1) is 10.4. The van der Waals surface area contributed by atoms with Gasteiger partial charge in [-0.1, -0.05) is 41.5 Å². The molecule has 0 atom stereocenters. The lowest BCUT2D eigenvalue weighted by molar-refractivity contribution is -0.131. The molecule has 0 aliphatic rings. The van der Waals surface area contributed by atoms with E-state index in [4.69, 9.17) is 9.84 Å². The minimum atomic E-state index is -1.14. The Bertz CT molecular complexity index is 605. The molecule has 23 heavy (non-hydrogen) atoms. The van der Waals surface area contributed by atoms with Crippen LogP contribution >= 0.6 is 0 Å². The fraction of sp³-hybridized carbons (Fsp3) is 0.474. The summed E-state index contributed by atoms with van der Waals surface area (Å²) in [5.41, 5.74) is 1.91. The highest BCUT2D eigenvalue weighted by atomic mass is 16.5. The third kappa shape index (κ3) is 4.68. The molecule has 0 radical (unpaired) electrons. The molecule has 0 aromatic heterocycles. The van der Waals surface area contributed by atoms with E-state index in [1.54, 1.807) is 19.2 Å². The van der Waals surface area contributed by atoms with Crippen LogP contribution in [-0.4, -0.2) is 24.0 Å². The van der Waals surface area contributed by atoms with Gasteiger partial charge in [0.15, 0.2) is 5.78 Å². The predicted molar refractivity (Wildman–Crippen MR) is 91.5 cm³/mol. The zero-order chi connectivity index (χ0) is 18.0. The molecule has 0 aliphatic heterocycles. The predicted octanol–water partition coefficient (Wildman–Crippen LogP) is 4.11. The fourth-order valence-electron chi connectivity index (χ4n) is 2.35. The minimum absolute atomic E-state index is 0.210. The fourth-order valence-corrected chi connectivity index (χ4v) is 2.35. The van der Waals surface area contributed by atoms with Gasteiger partial charge in [0.2, 0.25) is 0 Å². The molecule has 0 saturated carbocycles. The zero-order valence-corrected chi connectivity index (χ0v) is 15.0. The Morgan fingerprint density at radius 2 is 1.39 bits per heavy atom. The lowest BCUT2D eigenvalue weighted by Gasteiger charge is -2.29. The number of carbonyl (C=O) groups excluding carboxylic acids is 1. The molecule has 1 rings (SSSR count). The molecule has 1 N–H and O–H groups in total. The van der Waals surface area contributed by atoms with Crippen molar-refractivity contribution < 1.29 is 19.4 Å². The van der Waals surface area contributed by atoms with Crippen molar-refractivity contribution in [3.05, 3.63) is 41.0 Å².